The summed E-state index contributed by atoms with van der Waals surface area (Å²) in [6.07, 6.45) is 1.68. The van der Waals surface area contributed by atoms with Gasteiger partial charge in [0, 0.05) is 5.69 Å². The van der Waals surface area contributed by atoms with Crippen LogP contribution in [-0.2, 0) is 9.53 Å². The van der Waals surface area contributed by atoms with Crippen molar-refractivity contribution in [1.82, 2.24) is 9.97 Å². The lowest BCUT2D eigenvalue weighted by molar-refractivity contribution is -0.141. The molecule has 0 atom stereocenters. The van der Waals surface area contributed by atoms with Crippen molar-refractivity contribution in [2.75, 3.05) is 6.61 Å². The SMILES string of the molecule is CCOC(=O)CC#Cc1nc[nH]c1C. The zero-order valence-electron chi connectivity index (χ0n) is 8.26. The molecule has 0 aromatic carbocycles. The molecule has 0 saturated carbocycles. The van der Waals surface area contributed by atoms with Crippen LogP contribution in [-0.4, -0.2) is 22.5 Å². The average molecular weight is 192 g/mol. The van der Waals surface area contributed by atoms with Gasteiger partial charge in [-0.05, 0) is 19.8 Å². The van der Waals surface area contributed by atoms with Gasteiger partial charge in [-0.2, -0.15) is 0 Å². The van der Waals surface area contributed by atoms with Crippen molar-refractivity contribution < 1.29 is 9.53 Å². The van der Waals surface area contributed by atoms with Gasteiger partial charge in [0.25, 0.3) is 0 Å². The van der Waals surface area contributed by atoms with E-state index in [1.54, 1.807) is 13.3 Å². The molecule has 0 spiro atoms. The number of ether oxygens (including phenoxy) is 1. The smallest absolute Gasteiger partial charge is 0.317 e. The highest BCUT2D eigenvalue weighted by molar-refractivity contribution is 5.72. The number of hydrogen-bond acceptors (Lipinski definition) is 3. The number of hydrogen-bond donors (Lipinski definition) is 1. The van der Waals surface area contributed by atoms with Crippen molar-refractivity contribution in [3.05, 3.63) is 17.7 Å². The lowest BCUT2D eigenvalue weighted by Gasteiger charge is -1.94. The summed E-state index contributed by atoms with van der Waals surface area (Å²) in [6, 6.07) is 0. The van der Waals surface area contributed by atoms with Gasteiger partial charge in [-0.3, -0.25) is 4.79 Å². The summed E-state index contributed by atoms with van der Waals surface area (Å²) in [4.78, 5) is 17.8. The predicted molar refractivity (Wildman–Crippen MR) is 51.5 cm³/mol. The van der Waals surface area contributed by atoms with E-state index in [2.05, 4.69) is 21.8 Å². The minimum Gasteiger partial charge on any atom is -0.465 e. The number of rotatable bonds is 2. The molecule has 0 radical (unpaired) electrons. The van der Waals surface area contributed by atoms with Crippen LogP contribution >= 0.6 is 0 Å². The van der Waals surface area contributed by atoms with Crippen molar-refractivity contribution in [1.29, 1.82) is 0 Å². The fraction of sp³-hybridized carbons (Fsp3) is 0.400. The number of carbonyl (C=O) groups is 1. The molecule has 1 N–H and O–H groups in total. The second kappa shape index (κ2) is 5.07. The van der Waals surface area contributed by atoms with Gasteiger partial charge in [0.1, 0.15) is 12.1 Å². The molecule has 0 aliphatic rings. The number of carbonyl (C=O) groups excluding carboxylic acids is 1. The second-order valence-electron chi connectivity index (χ2n) is 2.66. The molecule has 0 aliphatic carbocycles. The van der Waals surface area contributed by atoms with Crippen molar-refractivity contribution in [3.63, 3.8) is 0 Å². The number of aromatic nitrogens is 2. The van der Waals surface area contributed by atoms with Gasteiger partial charge in [-0.15, -0.1) is 0 Å². The maximum Gasteiger partial charge on any atom is 0.317 e. The molecule has 0 amide bonds. The summed E-state index contributed by atoms with van der Waals surface area (Å²) < 4.78 is 4.72. The zero-order chi connectivity index (χ0) is 10.4. The molecule has 1 heterocycles. The van der Waals surface area contributed by atoms with E-state index in [4.69, 9.17) is 4.74 Å². The van der Waals surface area contributed by atoms with Crippen LogP contribution in [0.2, 0.25) is 0 Å². The highest BCUT2D eigenvalue weighted by atomic mass is 16.5. The molecular weight excluding hydrogens is 180 g/mol. The van der Waals surface area contributed by atoms with E-state index in [0.717, 1.165) is 5.69 Å². The van der Waals surface area contributed by atoms with Crippen molar-refractivity contribution >= 4 is 5.97 Å². The van der Waals surface area contributed by atoms with E-state index in [9.17, 15) is 4.79 Å². The Bertz CT molecular complexity index is 371. The summed E-state index contributed by atoms with van der Waals surface area (Å²) in [5.74, 6) is 5.20. The number of imidazole rings is 1. The molecule has 14 heavy (non-hydrogen) atoms. The first kappa shape index (κ1) is 10.3. The molecule has 4 nitrogen and oxygen atoms in total. The molecule has 1 rings (SSSR count). The van der Waals surface area contributed by atoms with E-state index in [1.165, 1.54) is 0 Å². The Balaban J connectivity index is 2.49. The van der Waals surface area contributed by atoms with Crippen LogP contribution in [0.1, 0.15) is 24.7 Å². The molecule has 74 valence electrons. The number of H-pyrrole nitrogens is 1. The first-order valence-corrected chi connectivity index (χ1v) is 4.38. The van der Waals surface area contributed by atoms with Gasteiger partial charge < -0.3 is 9.72 Å². The first-order chi connectivity index (χ1) is 6.74. The van der Waals surface area contributed by atoms with Gasteiger partial charge in [-0.1, -0.05) is 5.92 Å². The van der Waals surface area contributed by atoms with Crippen LogP contribution in [0.15, 0.2) is 6.33 Å². The third-order valence-corrected chi connectivity index (χ3v) is 1.57. The zero-order valence-corrected chi connectivity index (χ0v) is 8.26. The van der Waals surface area contributed by atoms with Crippen LogP contribution in [0.4, 0.5) is 0 Å². The van der Waals surface area contributed by atoms with Crippen LogP contribution < -0.4 is 0 Å². The maximum atomic E-state index is 10.9. The summed E-state index contributed by atoms with van der Waals surface area (Å²) in [7, 11) is 0. The van der Waals surface area contributed by atoms with Crippen LogP contribution in [0.25, 0.3) is 0 Å². The molecule has 0 aliphatic heterocycles. The monoisotopic (exact) mass is 192 g/mol. The minimum absolute atomic E-state index is 0.111. The van der Waals surface area contributed by atoms with Crippen LogP contribution in [0.3, 0.4) is 0 Å². The fourth-order valence-electron chi connectivity index (χ4n) is 0.897. The Morgan fingerprint density at radius 2 is 2.50 bits per heavy atom. The van der Waals surface area contributed by atoms with Gasteiger partial charge in [-0.25, -0.2) is 4.98 Å². The summed E-state index contributed by atoms with van der Waals surface area (Å²) in [5, 5.41) is 0. The van der Waals surface area contributed by atoms with Gasteiger partial charge >= 0.3 is 5.97 Å². The molecule has 0 saturated heterocycles. The number of esters is 1. The van der Waals surface area contributed by atoms with Gasteiger partial charge in [0.15, 0.2) is 0 Å². The topological polar surface area (TPSA) is 55.0 Å². The lowest BCUT2D eigenvalue weighted by Crippen LogP contribution is -2.01. The highest BCUT2D eigenvalue weighted by Gasteiger charge is 1.97. The predicted octanol–water partition coefficient (Wildman–Crippen LogP) is 1.02. The lowest BCUT2D eigenvalue weighted by atomic mass is 10.3. The summed E-state index contributed by atoms with van der Waals surface area (Å²) in [6.45, 7) is 4.03. The summed E-state index contributed by atoms with van der Waals surface area (Å²) >= 11 is 0. The third kappa shape index (κ3) is 2.94. The first-order valence-electron chi connectivity index (χ1n) is 4.38. The molecule has 0 fully saturated rings. The molecule has 1 aromatic heterocycles. The molecule has 0 bridgehead atoms. The van der Waals surface area contributed by atoms with E-state index in [0.29, 0.717) is 12.3 Å². The van der Waals surface area contributed by atoms with Crippen molar-refractivity contribution in [3.8, 4) is 11.8 Å². The quantitative estimate of drug-likeness (QED) is 0.562. The minimum atomic E-state index is -0.298. The fourth-order valence-corrected chi connectivity index (χ4v) is 0.897. The van der Waals surface area contributed by atoms with E-state index in [-0.39, 0.29) is 12.4 Å². The number of aryl methyl sites for hydroxylation is 1. The Morgan fingerprint density at radius 3 is 3.07 bits per heavy atom. The Morgan fingerprint density at radius 1 is 1.71 bits per heavy atom. The maximum absolute atomic E-state index is 10.9. The Labute approximate surface area is 82.7 Å². The van der Waals surface area contributed by atoms with Crippen LogP contribution in [0, 0.1) is 18.8 Å². The largest absolute Gasteiger partial charge is 0.465 e. The standard InChI is InChI=1S/C10H12N2O2/c1-3-14-10(13)6-4-5-9-8(2)11-7-12-9/h7H,3,6H2,1-2H3,(H,11,12). The second-order valence-corrected chi connectivity index (χ2v) is 2.66. The third-order valence-electron chi connectivity index (χ3n) is 1.57. The highest BCUT2D eigenvalue weighted by Crippen LogP contribution is 1.97. The van der Waals surface area contributed by atoms with Crippen molar-refractivity contribution in [2.24, 2.45) is 0 Å². The molecule has 4 heteroatoms. The van der Waals surface area contributed by atoms with Gasteiger partial charge in [0.05, 0.1) is 12.9 Å². The van der Waals surface area contributed by atoms with Crippen molar-refractivity contribution in [2.45, 2.75) is 20.3 Å². The normalized spacial score (nSPS) is 9.00. The Hall–Kier alpha value is -1.76. The summed E-state index contributed by atoms with van der Waals surface area (Å²) in [5.41, 5.74) is 1.58. The van der Waals surface area contributed by atoms with E-state index < -0.39 is 0 Å². The number of nitrogens with one attached hydrogen (secondary N) is 1. The molecule has 1 aromatic rings. The van der Waals surface area contributed by atoms with Crippen LogP contribution in [0.5, 0.6) is 0 Å². The average Bonchev–Trinajstić information content (AvgIpc) is 2.52. The van der Waals surface area contributed by atoms with E-state index >= 15 is 0 Å². The number of nitrogens with zero attached hydrogens (tertiary/aromatic N) is 1. The molecule has 0 unspecified atom stereocenters. The number of aromatic amines is 1. The van der Waals surface area contributed by atoms with Gasteiger partial charge in [0.2, 0.25) is 0 Å². The Kier molecular flexibility index (Phi) is 3.74. The molecular formula is C10H12N2O2. The van der Waals surface area contributed by atoms with E-state index in [1.807, 2.05) is 6.92 Å².